The topological polar surface area (TPSA) is 127 Å². The Morgan fingerprint density at radius 1 is 1.20 bits per heavy atom. The molecule has 4 aromatic rings. The number of benzene rings is 1. The highest BCUT2D eigenvalue weighted by Gasteiger charge is 2.24. The van der Waals surface area contributed by atoms with Crippen LogP contribution in [0.15, 0.2) is 41.4 Å². The third-order valence-corrected chi connectivity index (χ3v) is 5.62. The van der Waals surface area contributed by atoms with Crippen molar-refractivity contribution < 1.29 is 14.0 Å². The zero-order chi connectivity index (χ0) is 25.3. The van der Waals surface area contributed by atoms with Gasteiger partial charge in [-0.2, -0.15) is 10.1 Å². The molecule has 184 valence electrons. The first-order chi connectivity index (χ1) is 16.5. The van der Waals surface area contributed by atoms with Gasteiger partial charge in [-0.05, 0) is 31.0 Å². The van der Waals surface area contributed by atoms with Crippen molar-refractivity contribution in [3.63, 3.8) is 0 Å². The van der Waals surface area contributed by atoms with Crippen LogP contribution in [-0.4, -0.2) is 35.0 Å². The van der Waals surface area contributed by atoms with E-state index in [4.69, 9.17) is 4.52 Å². The number of anilines is 2. The summed E-state index contributed by atoms with van der Waals surface area (Å²) >= 11 is 0. The molecule has 1 aromatic carbocycles. The van der Waals surface area contributed by atoms with Gasteiger partial charge in [-0.15, -0.1) is 0 Å². The summed E-state index contributed by atoms with van der Waals surface area (Å²) in [6.45, 7) is 9.52. The maximum absolute atomic E-state index is 15.4. The van der Waals surface area contributed by atoms with Crippen molar-refractivity contribution in [1.29, 1.82) is 0 Å². The first kappa shape index (κ1) is 24.4. The molecule has 3 aromatic heterocycles. The van der Waals surface area contributed by atoms with E-state index in [2.05, 4.69) is 35.8 Å². The van der Waals surface area contributed by atoms with Crippen molar-refractivity contribution in [3.05, 3.63) is 65.3 Å². The normalized spacial score (nSPS) is 13.6. The quantitative estimate of drug-likeness (QED) is 0.335. The van der Waals surface area contributed by atoms with Crippen LogP contribution in [0.4, 0.5) is 16.0 Å². The SMILES string of the molecule is Cc1c([C@@H](C)NC(O)c2cc(C(C)(C)C)on2)ccc(-c2ncnc(Nc3cnn(C)c3)n2)c1F. The Labute approximate surface area is 202 Å². The van der Waals surface area contributed by atoms with E-state index in [1.807, 2.05) is 27.7 Å². The molecule has 0 aliphatic carbocycles. The molecule has 3 N–H and O–H groups in total. The van der Waals surface area contributed by atoms with Crippen LogP contribution in [0.1, 0.15) is 62.5 Å². The van der Waals surface area contributed by atoms with Crippen LogP contribution in [0, 0.1) is 12.7 Å². The maximum Gasteiger partial charge on any atom is 0.230 e. The Hall–Kier alpha value is -3.70. The lowest BCUT2D eigenvalue weighted by Gasteiger charge is -2.20. The molecule has 11 heteroatoms. The lowest BCUT2D eigenvalue weighted by atomic mass is 9.93. The molecular weight excluding hydrogens is 451 g/mol. The van der Waals surface area contributed by atoms with Gasteiger partial charge in [-0.25, -0.2) is 14.4 Å². The summed E-state index contributed by atoms with van der Waals surface area (Å²) in [4.78, 5) is 12.6. The highest BCUT2D eigenvalue weighted by atomic mass is 19.1. The molecule has 2 atom stereocenters. The second-order valence-electron chi connectivity index (χ2n) is 9.46. The summed E-state index contributed by atoms with van der Waals surface area (Å²) in [5.74, 6) is 0.712. The molecule has 3 heterocycles. The highest BCUT2D eigenvalue weighted by Crippen LogP contribution is 2.30. The van der Waals surface area contributed by atoms with Gasteiger partial charge in [0.2, 0.25) is 5.95 Å². The minimum absolute atomic E-state index is 0.205. The number of rotatable bonds is 7. The fourth-order valence-corrected chi connectivity index (χ4v) is 3.63. The van der Waals surface area contributed by atoms with E-state index in [0.717, 1.165) is 0 Å². The second-order valence-corrected chi connectivity index (χ2v) is 9.46. The molecule has 0 saturated carbocycles. The first-order valence-electron chi connectivity index (χ1n) is 11.2. The van der Waals surface area contributed by atoms with Crippen molar-refractivity contribution in [2.45, 2.75) is 52.3 Å². The largest absolute Gasteiger partial charge is 0.372 e. The van der Waals surface area contributed by atoms with Crippen molar-refractivity contribution in [3.8, 4) is 11.4 Å². The molecule has 0 spiro atoms. The highest BCUT2D eigenvalue weighted by molar-refractivity contribution is 5.61. The predicted octanol–water partition coefficient (Wildman–Crippen LogP) is 4.09. The number of hydrogen-bond acceptors (Lipinski definition) is 9. The van der Waals surface area contributed by atoms with Gasteiger partial charge in [-0.3, -0.25) is 10.00 Å². The number of aromatic nitrogens is 6. The maximum atomic E-state index is 15.4. The van der Waals surface area contributed by atoms with Crippen molar-refractivity contribution in [1.82, 2.24) is 35.2 Å². The van der Waals surface area contributed by atoms with Crippen LogP contribution in [-0.2, 0) is 12.5 Å². The number of hydrogen-bond donors (Lipinski definition) is 3. The summed E-state index contributed by atoms with van der Waals surface area (Å²) in [7, 11) is 1.80. The molecule has 0 bridgehead atoms. The van der Waals surface area contributed by atoms with Crippen molar-refractivity contribution in [2.75, 3.05) is 5.32 Å². The van der Waals surface area contributed by atoms with Crippen LogP contribution < -0.4 is 10.6 Å². The number of nitrogens with one attached hydrogen (secondary N) is 2. The number of halogens is 1. The average Bonchev–Trinajstić information content (AvgIpc) is 3.45. The van der Waals surface area contributed by atoms with E-state index >= 15 is 4.39 Å². The molecule has 0 fully saturated rings. The van der Waals surface area contributed by atoms with E-state index < -0.39 is 12.0 Å². The Morgan fingerprint density at radius 2 is 1.97 bits per heavy atom. The van der Waals surface area contributed by atoms with Gasteiger partial charge in [0, 0.05) is 30.8 Å². The van der Waals surface area contributed by atoms with E-state index in [9.17, 15) is 5.11 Å². The summed E-state index contributed by atoms with van der Waals surface area (Å²) in [6, 6.07) is 4.77. The molecule has 1 unspecified atom stereocenters. The molecule has 0 amide bonds. The van der Waals surface area contributed by atoms with Gasteiger partial charge >= 0.3 is 0 Å². The molecule has 0 aliphatic heterocycles. The molecule has 0 aliphatic rings. The Balaban J connectivity index is 1.52. The van der Waals surface area contributed by atoms with Crippen LogP contribution in [0.2, 0.25) is 0 Å². The van der Waals surface area contributed by atoms with E-state index in [1.165, 1.54) is 6.33 Å². The average molecular weight is 481 g/mol. The molecule has 0 radical (unpaired) electrons. The van der Waals surface area contributed by atoms with Gasteiger partial charge in [0.25, 0.3) is 0 Å². The minimum Gasteiger partial charge on any atom is -0.372 e. The Kier molecular flexibility index (Phi) is 6.64. The van der Waals surface area contributed by atoms with E-state index in [-0.39, 0.29) is 28.8 Å². The monoisotopic (exact) mass is 480 g/mol. The summed E-state index contributed by atoms with van der Waals surface area (Å²) < 4.78 is 22.4. The first-order valence-corrected chi connectivity index (χ1v) is 11.2. The van der Waals surface area contributed by atoms with Gasteiger partial charge in [0.05, 0.1) is 17.4 Å². The zero-order valence-electron chi connectivity index (χ0n) is 20.5. The van der Waals surface area contributed by atoms with Crippen LogP contribution >= 0.6 is 0 Å². The van der Waals surface area contributed by atoms with Gasteiger partial charge in [0.1, 0.15) is 23.6 Å². The molecular formula is C24H29FN8O2. The summed E-state index contributed by atoms with van der Waals surface area (Å²) in [5.41, 5.74) is 2.21. The summed E-state index contributed by atoms with van der Waals surface area (Å²) in [5, 5.41) is 24.7. The molecule has 4 rings (SSSR count). The third-order valence-electron chi connectivity index (χ3n) is 5.62. The van der Waals surface area contributed by atoms with E-state index in [0.29, 0.717) is 28.3 Å². The fraction of sp³-hybridized carbons (Fsp3) is 0.375. The smallest absolute Gasteiger partial charge is 0.230 e. The zero-order valence-corrected chi connectivity index (χ0v) is 20.5. The Morgan fingerprint density at radius 3 is 2.63 bits per heavy atom. The van der Waals surface area contributed by atoms with Gasteiger partial charge in [-0.1, -0.05) is 32.0 Å². The lowest BCUT2D eigenvalue weighted by Crippen LogP contribution is -2.25. The van der Waals surface area contributed by atoms with Crippen LogP contribution in [0.3, 0.4) is 0 Å². The number of aryl methyl sites for hydroxylation is 1. The standard InChI is InChI=1S/C24H29FN8O2/c1-13-16(14(2)29-22(34)18-9-19(35-32-18)24(3,4)5)7-8-17(20(13)25)21-26-12-27-23(31-21)30-15-10-28-33(6)11-15/h7-12,14,22,29,34H,1-6H3,(H,26,27,30,31)/t14-,22?/m1/s1. The van der Waals surface area contributed by atoms with Crippen molar-refractivity contribution in [2.24, 2.45) is 7.05 Å². The van der Waals surface area contributed by atoms with Crippen LogP contribution in [0.5, 0.6) is 0 Å². The van der Waals surface area contributed by atoms with Crippen molar-refractivity contribution >= 4 is 11.6 Å². The lowest BCUT2D eigenvalue weighted by molar-refractivity contribution is 0.117. The summed E-state index contributed by atoms with van der Waals surface area (Å²) in [6.07, 6.45) is 3.66. The van der Waals surface area contributed by atoms with Gasteiger partial charge < -0.3 is 14.9 Å². The molecule has 35 heavy (non-hydrogen) atoms. The third kappa shape index (κ3) is 5.36. The number of aliphatic hydroxyl groups excluding tert-OH is 1. The van der Waals surface area contributed by atoms with Gasteiger partial charge in [0.15, 0.2) is 12.1 Å². The molecule has 10 nitrogen and oxygen atoms in total. The van der Waals surface area contributed by atoms with E-state index in [1.54, 1.807) is 49.2 Å². The number of nitrogens with zero attached hydrogens (tertiary/aromatic N) is 6. The minimum atomic E-state index is -1.07. The molecule has 0 saturated heterocycles. The predicted molar refractivity (Wildman–Crippen MR) is 128 cm³/mol. The fourth-order valence-electron chi connectivity index (χ4n) is 3.63. The Bertz CT molecular complexity index is 1330. The van der Waals surface area contributed by atoms with Crippen LogP contribution in [0.25, 0.3) is 11.4 Å². The second kappa shape index (κ2) is 9.51. The number of aliphatic hydroxyl groups is 1.